The van der Waals surface area contributed by atoms with Crippen molar-refractivity contribution in [2.75, 3.05) is 52.6 Å². The average molecular weight is 446 g/mol. The Hall–Kier alpha value is -2.98. The molecule has 0 bridgehead atoms. The molecule has 0 radical (unpaired) electrons. The van der Waals surface area contributed by atoms with Gasteiger partial charge in [-0.3, -0.25) is 14.3 Å². The second-order valence-electron chi connectivity index (χ2n) is 7.96. The van der Waals surface area contributed by atoms with Crippen molar-refractivity contribution in [1.82, 2.24) is 19.6 Å². The van der Waals surface area contributed by atoms with Crippen LogP contribution in [-0.4, -0.2) is 89.6 Å². The van der Waals surface area contributed by atoms with Crippen molar-refractivity contribution in [2.24, 2.45) is 0 Å². The van der Waals surface area contributed by atoms with E-state index in [0.717, 1.165) is 0 Å². The number of aromatic nitrogens is 2. The zero-order chi connectivity index (χ0) is 22.4. The smallest absolute Gasteiger partial charge is 0.244 e. The number of morpholine rings is 2. The summed E-state index contributed by atoms with van der Waals surface area (Å²) in [6.07, 6.45) is 3.42. The number of carbonyl (C=O) groups is 2. The van der Waals surface area contributed by atoms with Crippen LogP contribution in [0.5, 0.6) is 5.75 Å². The summed E-state index contributed by atoms with van der Waals surface area (Å²) < 4.78 is 32.1. The van der Waals surface area contributed by atoms with Crippen molar-refractivity contribution in [3.8, 4) is 5.75 Å². The molecule has 2 aliphatic rings. The van der Waals surface area contributed by atoms with Crippen molar-refractivity contribution in [3.05, 3.63) is 48.5 Å². The fraction of sp³-hybridized carbons (Fsp3) is 0.500. The summed E-state index contributed by atoms with van der Waals surface area (Å²) in [6.45, 7) is 3.13. The molecule has 2 fully saturated rings. The van der Waals surface area contributed by atoms with Crippen LogP contribution in [0.4, 0.5) is 4.39 Å². The van der Waals surface area contributed by atoms with Crippen LogP contribution < -0.4 is 4.74 Å². The van der Waals surface area contributed by atoms with E-state index in [1.54, 1.807) is 32.9 Å². The van der Waals surface area contributed by atoms with Gasteiger partial charge in [-0.15, -0.1) is 0 Å². The molecule has 0 spiro atoms. The largest absolute Gasteiger partial charge is 0.490 e. The molecule has 4 rings (SSSR count). The summed E-state index contributed by atoms with van der Waals surface area (Å²) >= 11 is 0. The number of halogens is 1. The third-order valence-electron chi connectivity index (χ3n) is 5.61. The van der Waals surface area contributed by atoms with Crippen molar-refractivity contribution in [1.29, 1.82) is 0 Å². The fourth-order valence-electron chi connectivity index (χ4n) is 3.88. The quantitative estimate of drug-likeness (QED) is 0.630. The van der Waals surface area contributed by atoms with Crippen molar-refractivity contribution in [2.45, 2.75) is 18.6 Å². The molecule has 3 heterocycles. The Kier molecular flexibility index (Phi) is 7.01. The lowest BCUT2D eigenvalue weighted by atomic mass is 9.96. The maximum absolute atomic E-state index is 13.2. The van der Waals surface area contributed by atoms with Gasteiger partial charge in [0.25, 0.3) is 0 Å². The van der Waals surface area contributed by atoms with Crippen LogP contribution in [0, 0.1) is 5.82 Å². The molecular weight excluding hydrogens is 419 g/mol. The predicted molar refractivity (Wildman–Crippen MR) is 111 cm³/mol. The van der Waals surface area contributed by atoms with E-state index in [-0.39, 0.29) is 50.4 Å². The van der Waals surface area contributed by atoms with Crippen molar-refractivity contribution < 1.29 is 28.2 Å². The monoisotopic (exact) mass is 446 g/mol. The molecule has 9 nitrogen and oxygen atoms in total. The number of ether oxygens (including phenoxy) is 3. The van der Waals surface area contributed by atoms with Crippen LogP contribution in [0.1, 0.15) is 6.42 Å². The highest BCUT2D eigenvalue weighted by molar-refractivity contribution is 5.78. The number of hydrogen-bond donors (Lipinski definition) is 0. The number of benzene rings is 1. The lowest BCUT2D eigenvalue weighted by Gasteiger charge is -2.43. The summed E-state index contributed by atoms with van der Waals surface area (Å²) in [7, 11) is 0. The minimum atomic E-state index is -1.01. The lowest BCUT2D eigenvalue weighted by Crippen LogP contribution is -2.59. The molecule has 2 aliphatic heterocycles. The van der Waals surface area contributed by atoms with Gasteiger partial charge < -0.3 is 24.0 Å². The minimum Gasteiger partial charge on any atom is -0.490 e. The molecule has 0 N–H and O–H groups in total. The fourth-order valence-corrected chi connectivity index (χ4v) is 3.88. The van der Waals surface area contributed by atoms with E-state index in [4.69, 9.17) is 14.2 Å². The third kappa shape index (κ3) is 5.63. The van der Waals surface area contributed by atoms with Crippen LogP contribution in [-0.2, 0) is 25.6 Å². The maximum Gasteiger partial charge on any atom is 0.244 e. The number of rotatable bonds is 7. The molecule has 32 heavy (non-hydrogen) atoms. The lowest BCUT2D eigenvalue weighted by molar-refractivity contribution is -0.167. The molecule has 2 saturated heterocycles. The molecule has 1 aromatic carbocycles. The molecule has 1 aromatic heterocycles. The molecule has 10 heteroatoms. The molecular formula is C22H27FN4O5. The topological polar surface area (TPSA) is 86.1 Å². The third-order valence-corrected chi connectivity index (χ3v) is 5.61. The van der Waals surface area contributed by atoms with Gasteiger partial charge >= 0.3 is 0 Å². The van der Waals surface area contributed by atoms with Crippen LogP contribution in [0.15, 0.2) is 42.7 Å². The van der Waals surface area contributed by atoms with E-state index in [0.29, 0.717) is 38.6 Å². The Morgan fingerprint density at radius 3 is 2.53 bits per heavy atom. The Bertz CT molecular complexity index is 902. The summed E-state index contributed by atoms with van der Waals surface area (Å²) in [5.74, 6) is -0.0774. The molecule has 2 amide bonds. The Balaban J connectivity index is 1.48. The zero-order valence-electron chi connectivity index (χ0n) is 17.8. The number of amides is 2. The van der Waals surface area contributed by atoms with Gasteiger partial charge in [-0.2, -0.15) is 5.10 Å². The normalized spacial score (nSPS) is 21.4. The van der Waals surface area contributed by atoms with E-state index < -0.39 is 5.60 Å². The Morgan fingerprint density at radius 1 is 1.06 bits per heavy atom. The van der Waals surface area contributed by atoms with E-state index in [1.165, 1.54) is 24.3 Å². The Labute approximate surface area is 185 Å². The van der Waals surface area contributed by atoms with Crippen LogP contribution >= 0.6 is 0 Å². The van der Waals surface area contributed by atoms with Crippen LogP contribution in [0.2, 0.25) is 0 Å². The van der Waals surface area contributed by atoms with Crippen LogP contribution in [0.25, 0.3) is 0 Å². The zero-order valence-corrected chi connectivity index (χ0v) is 17.8. The minimum absolute atomic E-state index is 0.0558. The summed E-state index contributed by atoms with van der Waals surface area (Å²) in [5.41, 5.74) is -1.01. The van der Waals surface area contributed by atoms with Crippen molar-refractivity contribution >= 4 is 11.8 Å². The first-order valence-electron chi connectivity index (χ1n) is 10.7. The number of carbonyl (C=O) groups excluding carboxylic acids is 2. The van der Waals surface area contributed by atoms with Gasteiger partial charge in [0.1, 0.15) is 30.3 Å². The summed E-state index contributed by atoms with van der Waals surface area (Å²) in [4.78, 5) is 29.3. The highest BCUT2D eigenvalue weighted by atomic mass is 19.1. The molecule has 0 saturated carbocycles. The van der Waals surface area contributed by atoms with Crippen molar-refractivity contribution in [3.63, 3.8) is 0 Å². The molecule has 0 unspecified atom stereocenters. The average Bonchev–Trinajstić information content (AvgIpc) is 3.32. The van der Waals surface area contributed by atoms with Gasteiger partial charge in [0, 0.05) is 32.0 Å². The number of hydrogen-bond acceptors (Lipinski definition) is 6. The molecule has 172 valence electrons. The SMILES string of the molecule is O=C(C[C@]1(COc2ccc(F)cc2)CN(C(=O)Cn2cccn2)CCO1)N1CCOCC1. The summed E-state index contributed by atoms with van der Waals surface area (Å²) in [5, 5.41) is 4.09. The van der Waals surface area contributed by atoms with Gasteiger partial charge in [-0.1, -0.05) is 0 Å². The van der Waals surface area contributed by atoms with Gasteiger partial charge in [0.15, 0.2) is 0 Å². The van der Waals surface area contributed by atoms with E-state index >= 15 is 0 Å². The summed E-state index contributed by atoms with van der Waals surface area (Å²) in [6, 6.07) is 7.42. The van der Waals surface area contributed by atoms with E-state index in [2.05, 4.69) is 5.10 Å². The number of nitrogens with zero attached hydrogens (tertiary/aromatic N) is 4. The predicted octanol–water partition coefficient (Wildman–Crippen LogP) is 0.948. The second kappa shape index (κ2) is 10.1. The standard InChI is InChI=1S/C22H27FN4O5/c23-18-2-4-19(5-3-18)31-17-22(14-20(28)25-8-11-30-12-9-25)16-26(10-13-32-22)21(29)15-27-7-1-6-24-27/h1-7H,8-17H2/t22-/m1/s1. The first kappa shape index (κ1) is 22.2. The van der Waals surface area contributed by atoms with Gasteiger partial charge in [-0.05, 0) is 30.3 Å². The van der Waals surface area contributed by atoms with Gasteiger partial charge in [-0.25, -0.2) is 4.39 Å². The molecule has 0 aliphatic carbocycles. The second-order valence-corrected chi connectivity index (χ2v) is 7.96. The highest BCUT2D eigenvalue weighted by Gasteiger charge is 2.42. The first-order valence-corrected chi connectivity index (χ1v) is 10.7. The van der Waals surface area contributed by atoms with Crippen LogP contribution in [0.3, 0.4) is 0 Å². The first-order chi connectivity index (χ1) is 15.5. The van der Waals surface area contributed by atoms with Gasteiger partial charge in [0.2, 0.25) is 11.8 Å². The van der Waals surface area contributed by atoms with E-state index in [9.17, 15) is 14.0 Å². The van der Waals surface area contributed by atoms with E-state index in [1.807, 2.05) is 0 Å². The Morgan fingerprint density at radius 2 is 1.81 bits per heavy atom. The maximum atomic E-state index is 13.2. The van der Waals surface area contributed by atoms with Gasteiger partial charge in [0.05, 0.1) is 32.8 Å². The molecule has 2 aromatic rings. The molecule has 1 atom stereocenters. The highest BCUT2D eigenvalue weighted by Crippen LogP contribution is 2.26.